The van der Waals surface area contributed by atoms with E-state index in [4.69, 9.17) is 14.2 Å². The SMILES string of the molecule is Br.CCOC1CC2CC(OC(=O)c3ccccc3Oc3ccccc3)CC1N2C. The van der Waals surface area contributed by atoms with Crippen LogP contribution < -0.4 is 4.74 Å². The van der Waals surface area contributed by atoms with E-state index in [1.165, 1.54) is 0 Å². The van der Waals surface area contributed by atoms with E-state index in [0.717, 1.165) is 25.9 Å². The van der Waals surface area contributed by atoms with Gasteiger partial charge in [-0.2, -0.15) is 0 Å². The highest BCUT2D eigenvalue weighted by atomic mass is 79.9. The number of nitrogens with zero attached hydrogens (tertiary/aromatic N) is 1. The molecule has 29 heavy (non-hydrogen) atoms. The van der Waals surface area contributed by atoms with Crippen LogP contribution in [0.2, 0.25) is 0 Å². The first-order valence-corrected chi connectivity index (χ1v) is 10.0. The number of hydrogen-bond donors (Lipinski definition) is 0. The van der Waals surface area contributed by atoms with Crippen molar-refractivity contribution in [3.63, 3.8) is 0 Å². The van der Waals surface area contributed by atoms with Gasteiger partial charge in [-0.3, -0.25) is 4.90 Å². The molecule has 5 nitrogen and oxygen atoms in total. The van der Waals surface area contributed by atoms with Gasteiger partial charge >= 0.3 is 5.97 Å². The Bertz CT molecular complexity index is 816. The highest BCUT2D eigenvalue weighted by molar-refractivity contribution is 8.93. The molecule has 2 fully saturated rings. The minimum absolute atomic E-state index is 0. The van der Waals surface area contributed by atoms with Crippen molar-refractivity contribution >= 4 is 23.0 Å². The summed E-state index contributed by atoms with van der Waals surface area (Å²) in [6, 6.07) is 17.4. The zero-order valence-corrected chi connectivity index (χ0v) is 18.5. The van der Waals surface area contributed by atoms with Crippen molar-refractivity contribution in [1.29, 1.82) is 0 Å². The number of ether oxygens (including phenoxy) is 3. The lowest BCUT2D eigenvalue weighted by Crippen LogP contribution is -2.45. The average molecular weight is 462 g/mol. The second-order valence-electron chi connectivity index (χ2n) is 7.53. The number of benzene rings is 2. The normalized spacial score (nSPS) is 25.9. The van der Waals surface area contributed by atoms with Gasteiger partial charge in [-0.25, -0.2) is 4.79 Å². The van der Waals surface area contributed by atoms with Gasteiger partial charge in [-0.05, 0) is 44.7 Å². The predicted molar refractivity (Wildman–Crippen MR) is 117 cm³/mol. The topological polar surface area (TPSA) is 48.0 Å². The molecule has 4 rings (SSSR count). The number of piperidine rings is 1. The first kappa shape index (κ1) is 21.8. The molecular weight excluding hydrogens is 434 g/mol. The fraction of sp³-hybridized carbons (Fsp3) is 0.435. The molecule has 2 aliphatic heterocycles. The minimum atomic E-state index is -0.326. The monoisotopic (exact) mass is 461 g/mol. The van der Waals surface area contributed by atoms with Gasteiger partial charge in [0.15, 0.2) is 0 Å². The number of carbonyl (C=O) groups excluding carboxylic acids is 1. The first-order valence-electron chi connectivity index (χ1n) is 10.0. The van der Waals surface area contributed by atoms with Crippen LogP contribution in [0.15, 0.2) is 54.6 Å². The van der Waals surface area contributed by atoms with Crippen molar-refractivity contribution in [2.75, 3.05) is 13.7 Å². The Morgan fingerprint density at radius 1 is 1.03 bits per heavy atom. The van der Waals surface area contributed by atoms with Crippen molar-refractivity contribution in [1.82, 2.24) is 4.90 Å². The van der Waals surface area contributed by atoms with Crippen LogP contribution >= 0.6 is 17.0 Å². The third-order valence-corrected chi connectivity index (χ3v) is 5.80. The van der Waals surface area contributed by atoms with Crippen LogP contribution in [0.25, 0.3) is 0 Å². The number of likely N-dealkylation sites (N-methyl/N-ethyl adjacent to an activating group) is 1. The van der Waals surface area contributed by atoms with E-state index in [1.807, 2.05) is 49.4 Å². The van der Waals surface area contributed by atoms with Crippen molar-refractivity contribution in [2.45, 2.75) is 50.5 Å². The van der Waals surface area contributed by atoms with E-state index in [1.54, 1.807) is 12.1 Å². The van der Waals surface area contributed by atoms with Gasteiger partial charge in [-0.1, -0.05) is 30.3 Å². The molecule has 0 spiro atoms. The zero-order valence-electron chi connectivity index (χ0n) is 16.8. The zero-order chi connectivity index (χ0) is 19.5. The van der Waals surface area contributed by atoms with Crippen LogP contribution in [-0.2, 0) is 9.47 Å². The summed E-state index contributed by atoms with van der Waals surface area (Å²) in [5.74, 6) is 0.884. The summed E-state index contributed by atoms with van der Waals surface area (Å²) in [6.07, 6.45) is 2.82. The highest BCUT2D eigenvalue weighted by Gasteiger charge is 2.46. The summed E-state index contributed by atoms with van der Waals surface area (Å²) in [5.41, 5.74) is 0.457. The summed E-state index contributed by atoms with van der Waals surface area (Å²) in [5, 5.41) is 0. The Balaban J connectivity index is 0.00000240. The molecule has 4 atom stereocenters. The molecule has 2 saturated heterocycles. The van der Waals surface area contributed by atoms with Crippen molar-refractivity contribution in [3.8, 4) is 11.5 Å². The molecular formula is C23H28BrNO4. The second-order valence-corrected chi connectivity index (χ2v) is 7.53. The lowest BCUT2D eigenvalue weighted by Gasteiger charge is -2.36. The Kier molecular flexibility index (Phi) is 7.33. The first-order chi connectivity index (χ1) is 13.7. The van der Waals surface area contributed by atoms with E-state index in [9.17, 15) is 4.79 Å². The van der Waals surface area contributed by atoms with E-state index in [2.05, 4.69) is 11.9 Å². The molecule has 2 bridgehead atoms. The number of fused-ring (bicyclic) bond motifs is 2. The molecule has 0 radical (unpaired) electrons. The smallest absolute Gasteiger partial charge is 0.342 e. The molecule has 0 aliphatic carbocycles. The maximum absolute atomic E-state index is 12.9. The fourth-order valence-electron chi connectivity index (χ4n) is 4.42. The Morgan fingerprint density at radius 2 is 1.76 bits per heavy atom. The number of para-hydroxylation sites is 2. The van der Waals surface area contributed by atoms with E-state index in [0.29, 0.717) is 29.1 Å². The quantitative estimate of drug-likeness (QED) is 0.575. The van der Waals surface area contributed by atoms with E-state index >= 15 is 0 Å². The van der Waals surface area contributed by atoms with Gasteiger partial charge in [0.2, 0.25) is 0 Å². The third-order valence-electron chi connectivity index (χ3n) is 5.80. The molecule has 0 N–H and O–H groups in total. The van der Waals surface area contributed by atoms with Crippen molar-refractivity contribution < 1.29 is 19.0 Å². The molecule has 2 aromatic rings. The molecule has 0 amide bonds. The standard InChI is InChI=1S/C23H27NO4.BrH/c1-3-26-22-14-16-13-18(15-20(22)24(16)2)28-23(25)19-11-7-8-12-21(19)27-17-9-5-4-6-10-17;/h4-12,16,18,20,22H,3,13-15H2,1-2H3;1H. The Hall–Kier alpha value is -1.89. The van der Waals surface area contributed by atoms with Crippen LogP contribution in [0.1, 0.15) is 36.5 Å². The molecule has 156 valence electrons. The summed E-state index contributed by atoms with van der Waals surface area (Å²) < 4.78 is 17.7. The molecule has 6 heteroatoms. The molecule has 4 unspecified atom stereocenters. The van der Waals surface area contributed by atoms with Crippen LogP contribution in [0.4, 0.5) is 0 Å². The maximum Gasteiger partial charge on any atom is 0.342 e. The molecule has 2 aliphatic rings. The molecule has 2 heterocycles. The van der Waals surface area contributed by atoms with Gasteiger partial charge in [0.05, 0.1) is 6.10 Å². The van der Waals surface area contributed by atoms with Crippen molar-refractivity contribution in [3.05, 3.63) is 60.2 Å². The van der Waals surface area contributed by atoms with Crippen molar-refractivity contribution in [2.24, 2.45) is 0 Å². The number of halogens is 1. The molecule has 2 aromatic carbocycles. The highest BCUT2D eigenvalue weighted by Crippen LogP contribution is 2.38. The van der Waals surface area contributed by atoms with Crippen LogP contribution in [0, 0.1) is 0 Å². The van der Waals surface area contributed by atoms with Gasteiger partial charge < -0.3 is 14.2 Å². The summed E-state index contributed by atoms with van der Waals surface area (Å²) in [6.45, 7) is 2.75. The van der Waals surface area contributed by atoms with Crippen LogP contribution in [-0.4, -0.2) is 48.8 Å². The lowest BCUT2D eigenvalue weighted by molar-refractivity contribution is -0.0185. The second kappa shape index (κ2) is 9.74. The summed E-state index contributed by atoms with van der Waals surface area (Å²) in [4.78, 5) is 15.3. The maximum atomic E-state index is 12.9. The Labute approximate surface area is 182 Å². The van der Waals surface area contributed by atoms with Gasteiger partial charge in [0.1, 0.15) is 23.2 Å². The van der Waals surface area contributed by atoms with E-state index < -0.39 is 0 Å². The number of carbonyl (C=O) groups is 1. The minimum Gasteiger partial charge on any atom is -0.459 e. The van der Waals surface area contributed by atoms with Gasteiger partial charge in [-0.15, -0.1) is 17.0 Å². The number of esters is 1. The Morgan fingerprint density at radius 3 is 2.52 bits per heavy atom. The summed E-state index contributed by atoms with van der Waals surface area (Å²) >= 11 is 0. The fourth-order valence-corrected chi connectivity index (χ4v) is 4.42. The summed E-state index contributed by atoms with van der Waals surface area (Å²) in [7, 11) is 2.15. The predicted octanol–water partition coefficient (Wildman–Crippen LogP) is 4.85. The van der Waals surface area contributed by atoms with Crippen LogP contribution in [0.5, 0.6) is 11.5 Å². The third kappa shape index (κ3) is 4.82. The molecule has 0 aromatic heterocycles. The number of rotatable bonds is 6. The largest absolute Gasteiger partial charge is 0.459 e. The van der Waals surface area contributed by atoms with Crippen LogP contribution in [0.3, 0.4) is 0 Å². The van der Waals surface area contributed by atoms with Gasteiger partial charge in [0, 0.05) is 31.5 Å². The van der Waals surface area contributed by atoms with E-state index in [-0.39, 0.29) is 35.2 Å². The number of hydrogen-bond acceptors (Lipinski definition) is 5. The molecule has 0 saturated carbocycles. The average Bonchev–Trinajstić information content (AvgIpc) is 2.87. The lowest BCUT2D eigenvalue weighted by atomic mass is 10.00. The van der Waals surface area contributed by atoms with Gasteiger partial charge in [0.25, 0.3) is 0 Å².